The van der Waals surface area contributed by atoms with E-state index in [0.717, 1.165) is 28.8 Å². The summed E-state index contributed by atoms with van der Waals surface area (Å²) in [6.07, 6.45) is 5.43. The molecule has 5 heteroatoms. The summed E-state index contributed by atoms with van der Waals surface area (Å²) in [7, 11) is 0. The number of aromatic carboxylic acids is 1. The van der Waals surface area contributed by atoms with E-state index in [9.17, 15) is 4.79 Å². The molecule has 2 aromatic rings. The third-order valence-electron chi connectivity index (χ3n) is 2.60. The quantitative estimate of drug-likeness (QED) is 0.943. The number of carboxylic acid groups (broad SMARTS) is 1. The number of halogens is 1. The topological polar surface area (TPSA) is 55.1 Å². The maximum atomic E-state index is 11.0. The van der Waals surface area contributed by atoms with E-state index in [1.807, 2.05) is 16.8 Å². The predicted octanol–water partition coefficient (Wildman–Crippen LogP) is 3.29. The molecule has 0 amide bonds. The fourth-order valence-corrected chi connectivity index (χ4v) is 2.30. The Bertz CT molecular complexity index is 578. The van der Waals surface area contributed by atoms with E-state index in [1.54, 1.807) is 18.3 Å². The molecular weight excluding hydrogens is 296 g/mol. The number of carbonyl (C=O) groups is 1. The second-order valence-corrected chi connectivity index (χ2v) is 4.88. The molecular formula is C13H13BrN2O2. The average Bonchev–Trinajstić information content (AvgIpc) is 2.77. The van der Waals surface area contributed by atoms with Gasteiger partial charge < -0.3 is 9.67 Å². The van der Waals surface area contributed by atoms with E-state index in [4.69, 9.17) is 5.11 Å². The van der Waals surface area contributed by atoms with Gasteiger partial charge in [0, 0.05) is 29.0 Å². The third kappa shape index (κ3) is 2.61. The number of hydrogen-bond acceptors (Lipinski definition) is 2. The molecule has 0 aliphatic carbocycles. The molecule has 1 aromatic heterocycles. The van der Waals surface area contributed by atoms with Crippen molar-refractivity contribution in [2.75, 3.05) is 0 Å². The number of aromatic nitrogens is 2. The van der Waals surface area contributed by atoms with Crippen LogP contribution in [-0.2, 0) is 6.42 Å². The van der Waals surface area contributed by atoms with Gasteiger partial charge in [0.15, 0.2) is 0 Å². The Morgan fingerprint density at radius 3 is 2.89 bits per heavy atom. The second kappa shape index (κ2) is 5.35. The first kappa shape index (κ1) is 12.8. The summed E-state index contributed by atoms with van der Waals surface area (Å²) in [6, 6.07) is 5.11. The van der Waals surface area contributed by atoms with Crippen molar-refractivity contribution in [3.05, 3.63) is 46.5 Å². The van der Waals surface area contributed by atoms with Crippen LogP contribution in [0.4, 0.5) is 0 Å². The number of rotatable bonds is 4. The standard InChI is InChI=1S/C13H13BrN2O2/c1-2-3-12-15-4-5-16(12)11-7-9(13(17)18)6-10(14)8-11/h4-8H,2-3H2,1H3,(H,17,18). The Hall–Kier alpha value is -1.62. The van der Waals surface area contributed by atoms with Crippen LogP contribution >= 0.6 is 15.9 Å². The van der Waals surface area contributed by atoms with Gasteiger partial charge in [-0.15, -0.1) is 0 Å². The normalized spacial score (nSPS) is 10.6. The van der Waals surface area contributed by atoms with Crippen molar-refractivity contribution in [3.63, 3.8) is 0 Å². The minimum absolute atomic E-state index is 0.260. The highest BCUT2D eigenvalue weighted by atomic mass is 79.9. The summed E-state index contributed by atoms with van der Waals surface area (Å²) in [5, 5.41) is 9.06. The van der Waals surface area contributed by atoms with Crippen LogP contribution in [0.5, 0.6) is 0 Å². The Balaban J connectivity index is 2.49. The number of imidazole rings is 1. The van der Waals surface area contributed by atoms with Gasteiger partial charge in [-0.3, -0.25) is 0 Å². The molecule has 2 rings (SSSR count). The van der Waals surface area contributed by atoms with Gasteiger partial charge in [-0.1, -0.05) is 22.9 Å². The van der Waals surface area contributed by atoms with Gasteiger partial charge in [-0.2, -0.15) is 0 Å². The van der Waals surface area contributed by atoms with Crippen LogP contribution < -0.4 is 0 Å². The number of nitrogens with zero attached hydrogens (tertiary/aromatic N) is 2. The minimum atomic E-state index is -0.935. The average molecular weight is 309 g/mol. The molecule has 1 aromatic carbocycles. The summed E-state index contributed by atoms with van der Waals surface area (Å²) in [4.78, 5) is 15.3. The highest BCUT2D eigenvalue weighted by Crippen LogP contribution is 2.20. The van der Waals surface area contributed by atoms with Gasteiger partial charge in [0.25, 0.3) is 0 Å². The highest BCUT2D eigenvalue weighted by molar-refractivity contribution is 9.10. The summed E-state index contributed by atoms with van der Waals surface area (Å²) >= 11 is 3.33. The monoisotopic (exact) mass is 308 g/mol. The lowest BCUT2D eigenvalue weighted by Gasteiger charge is -2.09. The van der Waals surface area contributed by atoms with Crippen LogP contribution in [0, 0.1) is 0 Å². The summed E-state index contributed by atoms with van der Waals surface area (Å²) in [5.74, 6) is 0.00152. The lowest BCUT2D eigenvalue weighted by atomic mass is 10.2. The van der Waals surface area contributed by atoms with Gasteiger partial charge in [0.1, 0.15) is 5.82 Å². The zero-order chi connectivity index (χ0) is 13.1. The molecule has 0 unspecified atom stereocenters. The largest absolute Gasteiger partial charge is 0.478 e. The van der Waals surface area contributed by atoms with Crippen LogP contribution in [0.2, 0.25) is 0 Å². The first-order chi connectivity index (χ1) is 8.61. The van der Waals surface area contributed by atoms with Gasteiger partial charge in [0.05, 0.1) is 5.56 Å². The molecule has 0 saturated heterocycles. The van der Waals surface area contributed by atoms with Crippen molar-refractivity contribution in [3.8, 4) is 5.69 Å². The molecule has 18 heavy (non-hydrogen) atoms. The third-order valence-corrected chi connectivity index (χ3v) is 3.06. The number of carboxylic acids is 1. The molecule has 0 radical (unpaired) electrons. The Labute approximate surface area is 113 Å². The Kier molecular flexibility index (Phi) is 3.81. The Morgan fingerprint density at radius 1 is 1.44 bits per heavy atom. The first-order valence-electron chi connectivity index (χ1n) is 5.68. The fraction of sp³-hybridized carbons (Fsp3) is 0.231. The number of hydrogen-bond donors (Lipinski definition) is 1. The van der Waals surface area contributed by atoms with Crippen molar-refractivity contribution >= 4 is 21.9 Å². The molecule has 4 nitrogen and oxygen atoms in total. The summed E-state index contributed by atoms with van der Waals surface area (Å²) in [5.41, 5.74) is 1.07. The van der Waals surface area contributed by atoms with Crippen molar-refractivity contribution in [1.29, 1.82) is 0 Å². The van der Waals surface area contributed by atoms with Gasteiger partial charge >= 0.3 is 5.97 Å². The van der Waals surface area contributed by atoms with Crippen LogP contribution in [-0.4, -0.2) is 20.6 Å². The SMILES string of the molecule is CCCc1nccn1-c1cc(Br)cc(C(=O)O)c1. The van der Waals surface area contributed by atoms with E-state index in [2.05, 4.69) is 27.8 Å². The van der Waals surface area contributed by atoms with E-state index >= 15 is 0 Å². The van der Waals surface area contributed by atoms with Crippen molar-refractivity contribution in [2.45, 2.75) is 19.8 Å². The zero-order valence-electron chi connectivity index (χ0n) is 9.93. The summed E-state index contributed by atoms with van der Waals surface area (Å²) < 4.78 is 2.66. The fourth-order valence-electron chi connectivity index (χ4n) is 1.81. The molecule has 0 saturated carbocycles. The molecule has 0 fully saturated rings. The van der Waals surface area contributed by atoms with Crippen LogP contribution in [0.25, 0.3) is 5.69 Å². The van der Waals surface area contributed by atoms with E-state index in [1.165, 1.54) is 0 Å². The molecule has 1 heterocycles. The van der Waals surface area contributed by atoms with Crippen LogP contribution in [0.3, 0.4) is 0 Å². The smallest absolute Gasteiger partial charge is 0.335 e. The number of aryl methyl sites for hydroxylation is 1. The molecule has 0 aliphatic heterocycles. The van der Waals surface area contributed by atoms with E-state index in [0.29, 0.717) is 0 Å². The van der Waals surface area contributed by atoms with Crippen LogP contribution in [0.1, 0.15) is 29.5 Å². The highest BCUT2D eigenvalue weighted by Gasteiger charge is 2.09. The van der Waals surface area contributed by atoms with Gasteiger partial charge in [-0.25, -0.2) is 9.78 Å². The van der Waals surface area contributed by atoms with Gasteiger partial charge in [0.2, 0.25) is 0 Å². The second-order valence-electron chi connectivity index (χ2n) is 3.97. The first-order valence-corrected chi connectivity index (χ1v) is 6.47. The number of benzene rings is 1. The lowest BCUT2D eigenvalue weighted by Crippen LogP contribution is -2.03. The molecule has 0 spiro atoms. The summed E-state index contributed by atoms with van der Waals surface area (Å²) in [6.45, 7) is 2.09. The van der Waals surface area contributed by atoms with Crippen molar-refractivity contribution in [1.82, 2.24) is 9.55 Å². The van der Waals surface area contributed by atoms with E-state index in [-0.39, 0.29) is 5.56 Å². The molecule has 0 atom stereocenters. The van der Waals surface area contributed by atoms with Gasteiger partial charge in [-0.05, 0) is 24.6 Å². The van der Waals surface area contributed by atoms with Crippen molar-refractivity contribution in [2.24, 2.45) is 0 Å². The molecule has 0 aliphatic rings. The Morgan fingerprint density at radius 2 is 2.22 bits per heavy atom. The lowest BCUT2D eigenvalue weighted by molar-refractivity contribution is 0.0697. The van der Waals surface area contributed by atoms with E-state index < -0.39 is 5.97 Å². The van der Waals surface area contributed by atoms with Crippen LogP contribution in [0.15, 0.2) is 35.1 Å². The zero-order valence-corrected chi connectivity index (χ0v) is 11.5. The van der Waals surface area contributed by atoms with Crippen molar-refractivity contribution < 1.29 is 9.90 Å². The molecule has 1 N–H and O–H groups in total. The maximum absolute atomic E-state index is 11.0. The minimum Gasteiger partial charge on any atom is -0.478 e. The maximum Gasteiger partial charge on any atom is 0.335 e. The molecule has 94 valence electrons. The predicted molar refractivity (Wildman–Crippen MR) is 72.2 cm³/mol. The molecule has 0 bridgehead atoms.